The van der Waals surface area contributed by atoms with Crippen LogP contribution in [0.1, 0.15) is 17.3 Å². The summed E-state index contributed by atoms with van der Waals surface area (Å²) in [5, 5.41) is 0. The third-order valence-electron chi connectivity index (χ3n) is 3.55. The second kappa shape index (κ2) is 6.04. The molecule has 3 aromatic rings. The molecule has 0 saturated heterocycles. The molecule has 0 amide bonds. The number of rotatable bonds is 4. The van der Waals surface area contributed by atoms with Gasteiger partial charge in [-0.05, 0) is 37.3 Å². The van der Waals surface area contributed by atoms with Crippen LogP contribution >= 0.6 is 0 Å². The van der Waals surface area contributed by atoms with Crippen molar-refractivity contribution in [2.24, 2.45) is 0 Å². The van der Waals surface area contributed by atoms with Crippen LogP contribution in [0.5, 0.6) is 0 Å². The number of carbonyl (C=O) groups excluding carboxylic acids is 1. The molecule has 2 aromatic carbocycles. The summed E-state index contributed by atoms with van der Waals surface area (Å²) in [6, 6.07) is 13.6. The van der Waals surface area contributed by atoms with Gasteiger partial charge in [-0.2, -0.15) is 0 Å². The highest BCUT2D eigenvalue weighted by atomic mass is 19.1. The zero-order valence-electron chi connectivity index (χ0n) is 12.8. The van der Waals surface area contributed by atoms with Gasteiger partial charge in [0.05, 0.1) is 6.20 Å². The van der Waals surface area contributed by atoms with Crippen molar-refractivity contribution in [3.05, 3.63) is 66.1 Å². The predicted molar refractivity (Wildman–Crippen MR) is 86.4 cm³/mol. The number of hydrogen-bond acceptors (Lipinski definition) is 4. The number of halogens is 1. The van der Waals surface area contributed by atoms with E-state index in [0.717, 1.165) is 11.3 Å². The number of aromatic nitrogens is 1. The molecule has 0 aliphatic carbocycles. The molecule has 0 fully saturated rings. The Balaban J connectivity index is 1.89. The van der Waals surface area contributed by atoms with Gasteiger partial charge in [-0.15, -0.1) is 0 Å². The lowest BCUT2D eigenvalue weighted by Crippen LogP contribution is -2.09. The lowest BCUT2D eigenvalue weighted by molar-refractivity contribution is 0.101. The van der Waals surface area contributed by atoms with Gasteiger partial charge in [0.15, 0.2) is 11.5 Å². The number of ketones is 1. The smallest absolute Gasteiger partial charge is 0.302 e. The summed E-state index contributed by atoms with van der Waals surface area (Å²) in [6.45, 7) is 1.52. The summed E-state index contributed by atoms with van der Waals surface area (Å²) in [6.07, 6.45) is 1.61. The van der Waals surface area contributed by atoms with E-state index in [4.69, 9.17) is 4.42 Å². The van der Waals surface area contributed by atoms with Crippen LogP contribution in [0.4, 0.5) is 16.1 Å². The van der Waals surface area contributed by atoms with Crippen LogP contribution in [0, 0.1) is 5.82 Å². The van der Waals surface area contributed by atoms with Gasteiger partial charge in [-0.1, -0.05) is 18.2 Å². The van der Waals surface area contributed by atoms with E-state index >= 15 is 0 Å². The van der Waals surface area contributed by atoms with Crippen molar-refractivity contribution in [1.82, 2.24) is 4.98 Å². The Kier molecular flexibility index (Phi) is 3.93. The molecule has 0 saturated carbocycles. The molecule has 1 heterocycles. The van der Waals surface area contributed by atoms with E-state index in [1.165, 1.54) is 19.1 Å². The average Bonchev–Trinajstić information content (AvgIpc) is 3.05. The molecule has 0 atom stereocenters. The van der Waals surface area contributed by atoms with Gasteiger partial charge in [0.25, 0.3) is 0 Å². The van der Waals surface area contributed by atoms with Gasteiger partial charge in [-0.3, -0.25) is 9.69 Å². The van der Waals surface area contributed by atoms with Gasteiger partial charge in [0.1, 0.15) is 5.82 Å². The van der Waals surface area contributed by atoms with Crippen LogP contribution in [0.2, 0.25) is 0 Å². The third-order valence-corrected chi connectivity index (χ3v) is 3.55. The number of oxazole rings is 1. The molecule has 5 heteroatoms. The van der Waals surface area contributed by atoms with Crippen molar-refractivity contribution in [2.75, 3.05) is 11.9 Å². The van der Waals surface area contributed by atoms with E-state index < -0.39 is 0 Å². The van der Waals surface area contributed by atoms with Crippen LogP contribution < -0.4 is 4.90 Å². The summed E-state index contributed by atoms with van der Waals surface area (Å²) in [7, 11) is 1.79. The van der Waals surface area contributed by atoms with Gasteiger partial charge in [0, 0.05) is 23.9 Å². The molecular formula is C18H15FN2O2. The molecule has 1 aromatic heterocycles. The van der Waals surface area contributed by atoms with Crippen molar-refractivity contribution in [3.8, 4) is 11.3 Å². The van der Waals surface area contributed by atoms with Crippen LogP contribution in [-0.2, 0) is 0 Å². The Morgan fingerprint density at radius 3 is 2.61 bits per heavy atom. The zero-order valence-corrected chi connectivity index (χ0v) is 12.8. The van der Waals surface area contributed by atoms with Crippen LogP contribution in [0.15, 0.2) is 59.1 Å². The second-order valence-corrected chi connectivity index (χ2v) is 5.18. The van der Waals surface area contributed by atoms with Crippen molar-refractivity contribution in [2.45, 2.75) is 6.92 Å². The number of anilines is 2. The molecule has 23 heavy (non-hydrogen) atoms. The van der Waals surface area contributed by atoms with Crippen LogP contribution in [0.3, 0.4) is 0 Å². The minimum absolute atomic E-state index is 0.00461. The fourth-order valence-electron chi connectivity index (χ4n) is 2.22. The van der Waals surface area contributed by atoms with E-state index in [9.17, 15) is 9.18 Å². The zero-order chi connectivity index (χ0) is 16.4. The Morgan fingerprint density at radius 2 is 1.91 bits per heavy atom. The first-order valence-corrected chi connectivity index (χ1v) is 7.11. The highest BCUT2D eigenvalue weighted by Crippen LogP contribution is 2.28. The average molecular weight is 310 g/mol. The summed E-state index contributed by atoms with van der Waals surface area (Å²) >= 11 is 0. The van der Waals surface area contributed by atoms with Crippen molar-refractivity contribution in [1.29, 1.82) is 0 Å². The molecule has 0 aliphatic heterocycles. The second-order valence-electron chi connectivity index (χ2n) is 5.18. The molecule has 116 valence electrons. The highest BCUT2D eigenvalue weighted by molar-refractivity contribution is 5.95. The van der Waals surface area contributed by atoms with Gasteiger partial charge >= 0.3 is 6.01 Å². The minimum atomic E-state index is -0.295. The Hall–Kier alpha value is -2.95. The van der Waals surface area contributed by atoms with Crippen LogP contribution in [0.25, 0.3) is 11.3 Å². The molecular weight excluding hydrogens is 295 g/mol. The largest absolute Gasteiger partial charge is 0.423 e. The monoisotopic (exact) mass is 310 g/mol. The molecule has 3 rings (SSSR count). The molecule has 0 unspecified atom stereocenters. The van der Waals surface area contributed by atoms with Crippen molar-refractivity contribution >= 4 is 17.5 Å². The summed E-state index contributed by atoms with van der Waals surface area (Å²) in [5.74, 6) is 0.267. The van der Waals surface area contributed by atoms with Crippen LogP contribution in [-0.4, -0.2) is 17.8 Å². The normalized spacial score (nSPS) is 10.6. The molecule has 0 spiro atoms. The van der Waals surface area contributed by atoms with Crippen molar-refractivity contribution in [3.63, 3.8) is 0 Å². The molecule has 0 radical (unpaired) electrons. The maximum absolute atomic E-state index is 13.0. The van der Waals surface area contributed by atoms with Gasteiger partial charge in [-0.25, -0.2) is 9.37 Å². The lowest BCUT2D eigenvalue weighted by Gasteiger charge is -2.14. The first-order valence-electron chi connectivity index (χ1n) is 7.11. The Labute approximate surface area is 133 Å². The summed E-state index contributed by atoms with van der Waals surface area (Å²) in [4.78, 5) is 17.4. The fourth-order valence-corrected chi connectivity index (χ4v) is 2.22. The number of carbonyl (C=O) groups is 1. The topological polar surface area (TPSA) is 46.3 Å². The predicted octanol–water partition coefficient (Wildman–Crippen LogP) is 4.45. The van der Waals surface area contributed by atoms with E-state index in [0.29, 0.717) is 17.3 Å². The maximum atomic E-state index is 13.0. The van der Waals surface area contributed by atoms with Gasteiger partial charge in [0.2, 0.25) is 0 Å². The SMILES string of the molecule is CC(=O)c1cccc(-c2cnc(N(C)c3ccc(F)cc3)o2)c1. The third kappa shape index (κ3) is 3.13. The lowest BCUT2D eigenvalue weighted by atomic mass is 10.1. The van der Waals surface area contributed by atoms with Gasteiger partial charge < -0.3 is 4.42 Å². The molecule has 0 bridgehead atoms. The summed E-state index contributed by atoms with van der Waals surface area (Å²) < 4.78 is 18.8. The van der Waals surface area contributed by atoms with E-state index in [2.05, 4.69) is 4.98 Å². The standard InChI is InChI=1S/C18H15FN2O2/c1-12(22)13-4-3-5-14(10-13)17-11-20-18(23-17)21(2)16-8-6-15(19)7-9-16/h3-11H,1-2H3. The van der Waals surface area contributed by atoms with E-state index in [-0.39, 0.29) is 11.6 Å². The first kappa shape index (κ1) is 15.0. The number of nitrogens with zero attached hydrogens (tertiary/aromatic N) is 2. The highest BCUT2D eigenvalue weighted by Gasteiger charge is 2.13. The fraction of sp³-hybridized carbons (Fsp3) is 0.111. The Bertz CT molecular complexity index is 840. The molecule has 0 N–H and O–H groups in total. The Morgan fingerprint density at radius 1 is 1.17 bits per heavy atom. The molecule has 4 nitrogen and oxygen atoms in total. The quantitative estimate of drug-likeness (QED) is 0.668. The number of hydrogen-bond donors (Lipinski definition) is 0. The van der Waals surface area contributed by atoms with E-state index in [1.807, 2.05) is 6.07 Å². The van der Waals surface area contributed by atoms with Crippen molar-refractivity contribution < 1.29 is 13.6 Å². The number of benzene rings is 2. The number of Topliss-reactive ketones (excluding diaryl/α,β-unsaturated/α-hetero) is 1. The molecule has 0 aliphatic rings. The minimum Gasteiger partial charge on any atom is -0.423 e. The first-order chi connectivity index (χ1) is 11.0. The summed E-state index contributed by atoms with van der Waals surface area (Å²) in [5.41, 5.74) is 2.16. The maximum Gasteiger partial charge on any atom is 0.302 e. The van der Waals surface area contributed by atoms with E-state index in [1.54, 1.807) is 48.5 Å².